The Morgan fingerprint density at radius 3 is 2.54 bits per heavy atom. The summed E-state index contributed by atoms with van der Waals surface area (Å²) in [6.07, 6.45) is -0.131. The Kier molecular flexibility index (Phi) is 5.33. The molecule has 2 aromatic rings. The molecule has 1 unspecified atom stereocenters. The SMILES string of the molecule is COc1ccc(OCC2CN(C(=O)c3ccccc3)CCO2)cc1. The minimum atomic E-state index is -0.131. The van der Waals surface area contributed by atoms with Crippen molar-refractivity contribution in [1.82, 2.24) is 4.90 Å². The van der Waals surface area contributed by atoms with Crippen LogP contribution in [0.4, 0.5) is 0 Å². The van der Waals surface area contributed by atoms with Gasteiger partial charge < -0.3 is 19.1 Å². The van der Waals surface area contributed by atoms with E-state index in [2.05, 4.69) is 0 Å². The van der Waals surface area contributed by atoms with Crippen molar-refractivity contribution in [2.45, 2.75) is 6.10 Å². The highest BCUT2D eigenvalue weighted by atomic mass is 16.5. The van der Waals surface area contributed by atoms with Crippen molar-refractivity contribution in [3.05, 3.63) is 60.2 Å². The normalized spacial score (nSPS) is 17.4. The van der Waals surface area contributed by atoms with E-state index in [9.17, 15) is 4.79 Å². The van der Waals surface area contributed by atoms with Crippen LogP contribution >= 0.6 is 0 Å². The van der Waals surface area contributed by atoms with Crippen molar-refractivity contribution >= 4 is 5.91 Å². The number of benzene rings is 2. The zero-order valence-electron chi connectivity index (χ0n) is 13.7. The van der Waals surface area contributed by atoms with Crippen LogP contribution in [0.25, 0.3) is 0 Å². The number of carbonyl (C=O) groups is 1. The second kappa shape index (κ2) is 7.84. The molecule has 0 saturated carbocycles. The first kappa shape index (κ1) is 16.3. The van der Waals surface area contributed by atoms with E-state index >= 15 is 0 Å². The molecule has 5 nitrogen and oxygen atoms in total. The van der Waals surface area contributed by atoms with E-state index in [1.54, 1.807) is 7.11 Å². The van der Waals surface area contributed by atoms with E-state index in [0.717, 1.165) is 11.5 Å². The van der Waals surface area contributed by atoms with Gasteiger partial charge in [-0.05, 0) is 36.4 Å². The molecule has 1 saturated heterocycles. The Labute approximate surface area is 141 Å². The number of morpholine rings is 1. The van der Waals surface area contributed by atoms with Crippen molar-refractivity contribution in [2.24, 2.45) is 0 Å². The predicted octanol–water partition coefficient (Wildman–Crippen LogP) is 2.62. The van der Waals surface area contributed by atoms with Gasteiger partial charge in [-0.2, -0.15) is 0 Å². The Hall–Kier alpha value is -2.53. The number of nitrogens with zero attached hydrogens (tertiary/aromatic N) is 1. The second-order valence-electron chi connectivity index (χ2n) is 5.60. The minimum absolute atomic E-state index is 0.0355. The van der Waals surface area contributed by atoms with Gasteiger partial charge in [-0.25, -0.2) is 0 Å². The molecular formula is C19H21NO4. The second-order valence-corrected chi connectivity index (χ2v) is 5.60. The molecule has 0 spiro atoms. The van der Waals surface area contributed by atoms with Gasteiger partial charge >= 0.3 is 0 Å². The summed E-state index contributed by atoms with van der Waals surface area (Å²) in [5, 5.41) is 0. The van der Waals surface area contributed by atoms with Crippen LogP contribution in [0.5, 0.6) is 11.5 Å². The van der Waals surface area contributed by atoms with E-state index in [0.29, 0.717) is 31.9 Å². The number of hydrogen-bond acceptors (Lipinski definition) is 4. The van der Waals surface area contributed by atoms with Gasteiger partial charge in [-0.3, -0.25) is 4.79 Å². The Balaban J connectivity index is 1.54. The molecule has 0 aliphatic carbocycles. The molecule has 5 heteroatoms. The van der Waals surface area contributed by atoms with E-state index in [4.69, 9.17) is 14.2 Å². The topological polar surface area (TPSA) is 48.0 Å². The summed E-state index contributed by atoms with van der Waals surface area (Å²) in [7, 11) is 1.63. The van der Waals surface area contributed by atoms with E-state index in [-0.39, 0.29) is 12.0 Å². The molecule has 1 fully saturated rings. The number of rotatable bonds is 5. The third-order valence-corrected chi connectivity index (χ3v) is 3.94. The minimum Gasteiger partial charge on any atom is -0.497 e. The summed E-state index contributed by atoms with van der Waals surface area (Å²) >= 11 is 0. The van der Waals surface area contributed by atoms with Crippen molar-refractivity contribution in [1.29, 1.82) is 0 Å². The van der Waals surface area contributed by atoms with E-state index in [1.807, 2.05) is 59.5 Å². The predicted molar refractivity (Wildman–Crippen MR) is 90.6 cm³/mol. The zero-order valence-corrected chi connectivity index (χ0v) is 13.7. The molecule has 126 valence electrons. The molecule has 1 amide bonds. The highest BCUT2D eigenvalue weighted by molar-refractivity contribution is 5.94. The van der Waals surface area contributed by atoms with Crippen molar-refractivity contribution < 1.29 is 19.0 Å². The molecular weight excluding hydrogens is 306 g/mol. The first-order valence-electron chi connectivity index (χ1n) is 7.99. The summed E-state index contributed by atoms with van der Waals surface area (Å²) < 4.78 is 16.6. The molecule has 1 heterocycles. The summed E-state index contributed by atoms with van der Waals surface area (Å²) in [4.78, 5) is 14.3. The molecule has 24 heavy (non-hydrogen) atoms. The molecule has 2 aromatic carbocycles. The summed E-state index contributed by atoms with van der Waals surface area (Å²) in [5.74, 6) is 1.58. The molecule has 1 aliphatic heterocycles. The third-order valence-electron chi connectivity index (χ3n) is 3.94. The zero-order chi connectivity index (χ0) is 16.8. The lowest BCUT2D eigenvalue weighted by atomic mass is 10.2. The number of methoxy groups -OCH3 is 1. The summed E-state index contributed by atoms with van der Waals surface area (Å²) in [6.45, 7) is 2.07. The van der Waals surface area contributed by atoms with Crippen molar-refractivity contribution in [3.8, 4) is 11.5 Å². The Morgan fingerprint density at radius 1 is 1.12 bits per heavy atom. The van der Waals surface area contributed by atoms with Crippen molar-refractivity contribution in [3.63, 3.8) is 0 Å². The largest absolute Gasteiger partial charge is 0.497 e. The standard InChI is InChI=1S/C19H21NO4/c1-22-16-7-9-17(10-8-16)24-14-18-13-20(11-12-23-18)19(21)15-5-3-2-4-6-15/h2-10,18H,11-14H2,1H3. The van der Waals surface area contributed by atoms with Gasteiger partial charge in [0.1, 0.15) is 24.2 Å². The fourth-order valence-corrected chi connectivity index (χ4v) is 2.63. The van der Waals surface area contributed by atoms with Crippen LogP contribution in [0, 0.1) is 0 Å². The highest BCUT2D eigenvalue weighted by Crippen LogP contribution is 2.18. The molecule has 1 atom stereocenters. The van der Waals surface area contributed by atoms with Gasteiger partial charge in [0.2, 0.25) is 0 Å². The lowest BCUT2D eigenvalue weighted by molar-refractivity contribution is -0.0401. The molecule has 0 N–H and O–H groups in total. The lowest BCUT2D eigenvalue weighted by Gasteiger charge is -2.32. The lowest BCUT2D eigenvalue weighted by Crippen LogP contribution is -2.47. The van der Waals surface area contributed by atoms with Crippen molar-refractivity contribution in [2.75, 3.05) is 33.4 Å². The number of amides is 1. The smallest absolute Gasteiger partial charge is 0.254 e. The molecule has 0 radical (unpaired) electrons. The van der Waals surface area contributed by atoms with Crippen LogP contribution in [0.1, 0.15) is 10.4 Å². The fourth-order valence-electron chi connectivity index (χ4n) is 2.63. The third kappa shape index (κ3) is 4.06. The van der Waals surface area contributed by atoms with Crippen LogP contribution in [0.15, 0.2) is 54.6 Å². The average molecular weight is 327 g/mol. The first-order chi connectivity index (χ1) is 11.8. The van der Waals surface area contributed by atoms with Crippen LogP contribution in [0.3, 0.4) is 0 Å². The van der Waals surface area contributed by atoms with Gasteiger partial charge in [0.05, 0.1) is 20.3 Å². The molecule has 0 bridgehead atoms. The maximum absolute atomic E-state index is 12.5. The van der Waals surface area contributed by atoms with Gasteiger partial charge in [-0.15, -0.1) is 0 Å². The molecule has 1 aliphatic rings. The highest BCUT2D eigenvalue weighted by Gasteiger charge is 2.25. The van der Waals surface area contributed by atoms with Gasteiger partial charge in [0.15, 0.2) is 0 Å². The van der Waals surface area contributed by atoms with Gasteiger partial charge in [0.25, 0.3) is 5.91 Å². The number of hydrogen-bond donors (Lipinski definition) is 0. The molecule has 3 rings (SSSR count). The average Bonchev–Trinajstić information content (AvgIpc) is 2.67. The van der Waals surface area contributed by atoms with Crippen LogP contribution < -0.4 is 9.47 Å². The monoisotopic (exact) mass is 327 g/mol. The fraction of sp³-hybridized carbons (Fsp3) is 0.316. The van der Waals surface area contributed by atoms with Crippen LogP contribution in [-0.4, -0.2) is 50.3 Å². The quantitative estimate of drug-likeness (QED) is 0.847. The Bertz CT molecular complexity index is 657. The van der Waals surface area contributed by atoms with Gasteiger partial charge in [0, 0.05) is 12.1 Å². The first-order valence-corrected chi connectivity index (χ1v) is 7.99. The maximum Gasteiger partial charge on any atom is 0.254 e. The summed E-state index contributed by atoms with van der Waals surface area (Å²) in [6, 6.07) is 16.7. The number of ether oxygens (including phenoxy) is 3. The number of carbonyl (C=O) groups excluding carboxylic acids is 1. The van der Waals surface area contributed by atoms with Gasteiger partial charge in [-0.1, -0.05) is 18.2 Å². The Morgan fingerprint density at radius 2 is 1.83 bits per heavy atom. The van der Waals surface area contributed by atoms with E-state index in [1.165, 1.54) is 0 Å². The van der Waals surface area contributed by atoms with E-state index < -0.39 is 0 Å². The summed E-state index contributed by atoms with van der Waals surface area (Å²) in [5.41, 5.74) is 0.703. The van der Waals surface area contributed by atoms with Crippen LogP contribution in [0.2, 0.25) is 0 Å². The van der Waals surface area contributed by atoms with Crippen LogP contribution in [-0.2, 0) is 4.74 Å². The maximum atomic E-state index is 12.5. The molecule has 0 aromatic heterocycles.